The fourth-order valence-corrected chi connectivity index (χ4v) is 1.38. The van der Waals surface area contributed by atoms with E-state index in [9.17, 15) is 10.1 Å². The molecule has 82 valence electrons. The van der Waals surface area contributed by atoms with Crippen molar-refractivity contribution >= 4 is 11.4 Å². The molecule has 0 fully saturated rings. The Labute approximate surface area is 89.5 Å². The van der Waals surface area contributed by atoms with Gasteiger partial charge in [-0.25, -0.2) is 0 Å². The molecule has 0 aliphatic rings. The van der Waals surface area contributed by atoms with Crippen molar-refractivity contribution in [1.29, 1.82) is 0 Å². The number of anilines is 1. The predicted octanol–water partition coefficient (Wildman–Crippen LogP) is 3.03. The third-order valence-corrected chi connectivity index (χ3v) is 2.25. The van der Waals surface area contributed by atoms with E-state index in [0.717, 1.165) is 11.1 Å². The van der Waals surface area contributed by atoms with Crippen molar-refractivity contribution < 1.29 is 4.92 Å². The molecule has 0 aliphatic carbocycles. The average molecular weight is 208 g/mol. The van der Waals surface area contributed by atoms with Gasteiger partial charge in [0.25, 0.3) is 5.69 Å². The van der Waals surface area contributed by atoms with Gasteiger partial charge in [0.15, 0.2) is 0 Å². The molecule has 0 unspecified atom stereocenters. The lowest BCUT2D eigenvalue weighted by Gasteiger charge is -2.12. The Morgan fingerprint density at radius 2 is 1.80 bits per heavy atom. The summed E-state index contributed by atoms with van der Waals surface area (Å²) < 4.78 is 0. The van der Waals surface area contributed by atoms with Crippen molar-refractivity contribution in [3.8, 4) is 0 Å². The third-order valence-electron chi connectivity index (χ3n) is 2.25. The molecule has 0 saturated carbocycles. The molecule has 0 amide bonds. The number of nitrogens with one attached hydrogen (secondary N) is 1. The lowest BCUT2D eigenvalue weighted by molar-refractivity contribution is -0.384. The standard InChI is InChI=1S/C11H16N2O2/c1-7(2)12-10-5-8(3)9(4)6-11(10)13(14)15/h5-7,12H,1-4H3. The summed E-state index contributed by atoms with van der Waals surface area (Å²) in [6.45, 7) is 7.74. The van der Waals surface area contributed by atoms with Gasteiger partial charge in [-0.1, -0.05) is 0 Å². The van der Waals surface area contributed by atoms with Crippen LogP contribution >= 0.6 is 0 Å². The highest BCUT2D eigenvalue weighted by molar-refractivity contribution is 5.64. The first-order chi connectivity index (χ1) is 6.91. The van der Waals surface area contributed by atoms with Gasteiger partial charge in [-0.05, 0) is 44.9 Å². The van der Waals surface area contributed by atoms with E-state index in [0.29, 0.717) is 5.69 Å². The minimum Gasteiger partial charge on any atom is -0.377 e. The first-order valence-electron chi connectivity index (χ1n) is 4.94. The van der Waals surface area contributed by atoms with Crippen molar-refractivity contribution in [3.05, 3.63) is 33.4 Å². The highest BCUT2D eigenvalue weighted by atomic mass is 16.6. The second-order valence-electron chi connectivity index (χ2n) is 4.01. The summed E-state index contributed by atoms with van der Waals surface area (Å²) in [7, 11) is 0. The third kappa shape index (κ3) is 2.68. The van der Waals surface area contributed by atoms with Gasteiger partial charge in [0, 0.05) is 12.1 Å². The fraction of sp³-hybridized carbons (Fsp3) is 0.455. The molecular formula is C11H16N2O2. The molecule has 0 bridgehead atoms. The fourth-order valence-electron chi connectivity index (χ4n) is 1.38. The van der Waals surface area contributed by atoms with Gasteiger partial charge in [-0.2, -0.15) is 0 Å². The Kier molecular flexibility index (Phi) is 3.29. The summed E-state index contributed by atoms with van der Waals surface area (Å²) in [4.78, 5) is 10.5. The van der Waals surface area contributed by atoms with Crippen LogP contribution in [0.15, 0.2) is 12.1 Å². The molecule has 0 saturated heterocycles. The Morgan fingerprint density at radius 1 is 1.27 bits per heavy atom. The van der Waals surface area contributed by atoms with Crippen LogP contribution < -0.4 is 5.32 Å². The number of aryl methyl sites for hydroxylation is 2. The normalized spacial score (nSPS) is 10.5. The van der Waals surface area contributed by atoms with E-state index in [1.807, 2.05) is 33.8 Å². The first kappa shape index (κ1) is 11.5. The highest BCUT2D eigenvalue weighted by Crippen LogP contribution is 2.28. The maximum Gasteiger partial charge on any atom is 0.292 e. The van der Waals surface area contributed by atoms with Gasteiger partial charge in [-0.15, -0.1) is 0 Å². The topological polar surface area (TPSA) is 55.2 Å². The summed E-state index contributed by atoms with van der Waals surface area (Å²) in [5, 5.41) is 13.9. The lowest BCUT2D eigenvalue weighted by Crippen LogP contribution is -2.11. The summed E-state index contributed by atoms with van der Waals surface area (Å²) in [5.74, 6) is 0. The molecule has 4 heteroatoms. The number of benzene rings is 1. The smallest absolute Gasteiger partial charge is 0.292 e. The van der Waals surface area contributed by atoms with E-state index in [4.69, 9.17) is 0 Å². The van der Waals surface area contributed by atoms with Crippen LogP contribution in [0.5, 0.6) is 0 Å². The SMILES string of the molecule is Cc1cc(NC(C)C)c([N+](=O)[O-])cc1C. The molecular weight excluding hydrogens is 192 g/mol. The minimum atomic E-state index is -0.350. The number of nitro groups is 1. The van der Waals surface area contributed by atoms with Crippen LogP contribution in [0.4, 0.5) is 11.4 Å². The van der Waals surface area contributed by atoms with Crippen molar-refractivity contribution in [2.45, 2.75) is 33.7 Å². The van der Waals surface area contributed by atoms with Crippen LogP contribution in [0, 0.1) is 24.0 Å². The maximum atomic E-state index is 10.8. The quantitative estimate of drug-likeness (QED) is 0.613. The average Bonchev–Trinajstić information content (AvgIpc) is 2.09. The molecule has 0 aromatic heterocycles. The monoisotopic (exact) mass is 208 g/mol. The van der Waals surface area contributed by atoms with E-state index in [1.54, 1.807) is 6.07 Å². The Bertz CT molecular complexity index is 386. The highest BCUT2D eigenvalue weighted by Gasteiger charge is 2.15. The summed E-state index contributed by atoms with van der Waals surface area (Å²) in [6, 6.07) is 3.62. The first-order valence-corrected chi connectivity index (χ1v) is 4.94. The second-order valence-corrected chi connectivity index (χ2v) is 4.01. The van der Waals surface area contributed by atoms with E-state index in [-0.39, 0.29) is 16.7 Å². The van der Waals surface area contributed by atoms with Crippen LogP contribution in [-0.4, -0.2) is 11.0 Å². The van der Waals surface area contributed by atoms with Gasteiger partial charge in [0.05, 0.1) is 4.92 Å². The van der Waals surface area contributed by atoms with Crippen LogP contribution in [0.3, 0.4) is 0 Å². The molecule has 0 atom stereocenters. The molecule has 1 rings (SSSR count). The number of hydrogen-bond acceptors (Lipinski definition) is 3. The van der Waals surface area contributed by atoms with Crippen LogP contribution in [0.2, 0.25) is 0 Å². The summed E-state index contributed by atoms with van der Waals surface area (Å²) in [6.07, 6.45) is 0. The molecule has 1 aromatic rings. The van der Waals surface area contributed by atoms with Crippen molar-refractivity contribution in [1.82, 2.24) is 0 Å². The number of nitro benzene ring substituents is 1. The minimum absolute atomic E-state index is 0.145. The van der Waals surface area contributed by atoms with Crippen molar-refractivity contribution in [3.63, 3.8) is 0 Å². The van der Waals surface area contributed by atoms with E-state index < -0.39 is 0 Å². The predicted molar refractivity (Wildman–Crippen MR) is 61.3 cm³/mol. The molecule has 0 heterocycles. The van der Waals surface area contributed by atoms with Gasteiger partial charge in [-0.3, -0.25) is 10.1 Å². The molecule has 4 nitrogen and oxygen atoms in total. The number of nitrogens with zero attached hydrogens (tertiary/aromatic N) is 1. The molecule has 1 aromatic carbocycles. The van der Waals surface area contributed by atoms with E-state index >= 15 is 0 Å². The maximum absolute atomic E-state index is 10.8. The van der Waals surface area contributed by atoms with Gasteiger partial charge < -0.3 is 5.32 Å². The summed E-state index contributed by atoms with van der Waals surface area (Å²) >= 11 is 0. The molecule has 1 N–H and O–H groups in total. The van der Waals surface area contributed by atoms with Gasteiger partial charge >= 0.3 is 0 Å². The van der Waals surface area contributed by atoms with Gasteiger partial charge in [0.1, 0.15) is 5.69 Å². The Hall–Kier alpha value is -1.58. The van der Waals surface area contributed by atoms with Crippen molar-refractivity contribution in [2.75, 3.05) is 5.32 Å². The summed E-state index contributed by atoms with van der Waals surface area (Å²) in [5.41, 5.74) is 2.74. The number of hydrogen-bond donors (Lipinski definition) is 1. The van der Waals surface area contributed by atoms with E-state index in [2.05, 4.69) is 5.32 Å². The Balaban J connectivity index is 3.22. The number of rotatable bonds is 3. The second kappa shape index (κ2) is 4.29. The zero-order valence-electron chi connectivity index (χ0n) is 9.50. The Morgan fingerprint density at radius 3 is 2.27 bits per heavy atom. The zero-order chi connectivity index (χ0) is 11.6. The van der Waals surface area contributed by atoms with Crippen LogP contribution in [0.1, 0.15) is 25.0 Å². The molecule has 15 heavy (non-hydrogen) atoms. The lowest BCUT2D eigenvalue weighted by atomic mass is 10.1. The molecule has 0 aliphatic heterocycles. The van der Waals surface area contributed by atoms with Crippen LogP contribution in [0.25, 0.3) is 0 Å². The zero-order valence-corrected chi connectivity index (χ0v) is 9.50. The van der Waals surface area contributed by atoms with E-state index in [1.165, 1.54) is 0 Å². The van der Waals surface area contributed by atoms with Crippen molar-refractivity contribution in [2.24, 2.45) is 0 Å². The largest absolute Gasteiger partial charge is 0.377 e. The molecule has 0 spiro atoms. The van der Waals surface area contributed by atoms with Gasteiger partial charge in [0.2, 0.25) is 0 Å². The molecule has 0 radical (unpaired) electrons. The van der Waals surface area contributed by atoms with Crippen LogP contribution in [-0.2, 0) is 0 Å².